The maximum Gasteiger partial charge on any atom is 0.130 e. The zero-order valence-electron chi connectivity index (χ0n) is 5.31. The first-order valence-electron chi connectivity index (χ1n) is 2.91. The van der Waals surface area contributed by atoms with Crippen LogP contribution in [0.5, 0.6) is 0 Å². The number of hydrogen-bond acceptors (Lipinski definition) is 4. The molecule has 0 spiro atoms. The summed E-state index contributed by atoms with van der Waals surface area (Å²) in [6.07, 6.45) is 4.13. The van der Waals surface area contributed by atoms with E-state index >= 15 is 0 Å². The summed E-state index contributed by atoms with van der Waals surface area (Å²) < 4.78 is 0.0300. The minimum absolute atomic E-state index is 0.0300. The molecule has 0 aliphatic rings. The normalized spacial score (nSPS) is 10.3. The molecule has 1 aromatic rings. The van der Waals surface area contributed by atoms with Crippen LogP contribution in [-0.4, -0.2) is 14.5 Å². The van der Waals surface area contributed by atoms with Gasteiger partial charge in [-0.05, 0) is 6.07 Å². The van der Waals surface area contributed by atoms with Crippen molar-refractivity contribution in [3.8, 4) is 0 Å². The lowest BCUT2D eigenvalue weighted by molar-refractivity contribution is 0.931. The van der Waals surface area contributed by atoms with Gasteiger partial charge in [0.25, 0.3) is 0 Å². The molecule has 0 fully saturated rings. The number of nitrogens with zero attached hydrogens (tertiary/aromatic N) is 2. The van der Waals surface area contributed by atoms with Crippen LogP contribution in [0, 0.1) is 0 Å². The fraction of sp³-hybridized carbons (Fsp3) is 0.333. The highest BCUT2D eigenvalue weighted by atomic mass is 32.2. The molecule has 0 aliphatic carbocycles. The van der Waals surface area contributed by atoms with Crippen LogP contribution in [0.15, 0.2) is 18.5 Å². The number of hydrogen-bond donors (Lipinski definition) is 2. The summed E-state index contributed by atoms with van der Waals surface area (Å²) in [6.45, 7) is 0. The van der Waals surface area contributed by atoms with Crippen molar-refractivity contribution in [2.75, 3.05) is 0 Å². The maximum absolute atomic E-state index is 4.09. The summed E-state index contributed by atoms with van der Waals surface area (Å²) in [6, 6.07) is 1.79. The number of aromatic nitrogens is 2. The first-order valence-corrected chi connectivity index (χ1v) is 3.94. The van der Waals surface area contributed by atoms with E-state index in [0.29, 0.717) is 6.42 Å². The van der Waals surface area contributed by atoms with Gasteiger partial charge >= 0.3 is 0 Å². The Hall–Kier alpha value is -0.220. The maximum atomic E-state index is 4.09. The first-order chi connectivity index (χ1) is 4.79. The van der Waals surface area contributed by atoms with E-state index in [4.69, 9.17) is 0 Å². The molecule has 1 heterocycles. The van der Waals surface area contributed by atoms with Crippen molar-refractivity contribution in [3.05, 3.63) is 24.3 Å². The molecule has 0 saturated heterocycles. The van der Waals surface area contributed by atoms with Gasteiger partial charge in [0.1, 0.15) is 5.82 Å². The van der Waals surface area contributed by atoms with Crippen molar-refractivity contribution in [1.82, 2.24) is 9.97 Å². The molecule has 0 aliphatic heterocycles. The summed E-state index contributed by atoms with van der Waals surface area (Å²) in [7, 11) is 0. The van der Waals surface area contributed by atoms with E-state index in [0.717, 1.165) is 5.82 Å². The minimum Gasteiger partial charge on any atom is -0.241 e. The molecule has 0 saturated carbocycles. The number of rotatable bonds is 2. The molecule has 0 amide bonds. The Balaban J connectivity index is 2.59. The Morgan fingerprint density at radius 1 is 1.30 bits per heavy atom. The Bertz CT molecular complexity index is 188. The zero-order valence-corrected chi connectivity index (χ0v) is 7.09. The average molecular weight is 172 g/mol. The molecular weight excluding hydrogens is 164 g/mol. The lowest BCUT2D eigenvalue weighted by Crippen LogP contribution is -1.99. The predicted octanol–water partition coefficient (Wildman–Crippen LogP) is 1.20. The first kappa shape index (κ1) is 7.88. The Morgan fingerprint density at radius 3 is 2.40 bits per heavy atom. The van der Waals surface area contributed by atoms with Gasteiger partial charge in [0.05, 0.1) is 4.58 Å². The molecule has 4 heteroatoms. The molecule has 0 radical (unpaired) electrons. The lowest BCUT2D eigenvalue weighted by Gasteiger charge is -1.99. The third-order valence-corrected chi connectivity index (χ3v) is 1.35. The highest BCUT2D eigenvalue weighted by Crippen LogP contribution is 2.05. The van der Waals surface area contributed by atoms with Crippen LogP contribution in [-0.2, 0) is 6.42 Å². The molecule has 0 atom stereocenters. The highest BCUT2D eigenvalue weighted by Gasteiger charge is 1.98. The van der Waals surface area contributed by atoms with Gasteiger partial charge < -0.3 is 0 Å². The van der Waals surface area contributed by atoms with E-state index in [-0.39, 0.29) is 4.58 Å². The predicted molar refractivity (Wildman–Crippen MR) is 47.5 cm³/mol. The van der Waals surface area contributed by atoms with Gasteiger partial charge in [-0.15, -0.1) is 0 Å². The molecule has 0 unspecified atom stereocenters. The molecule has 0 bridgehead atoms. The van der Waals surface area contributed by atoms with Crippen LogP contribution in [0.25, 0.3) is 0 Å². The van der Waals surface area contributed by atoms with Gasteiger partial charge in [-0.3, -0.25) is 0 Å². The van der Waals surface area contributed by atoms with Crippen LogP contribution in [0.2, 0.25) is 0 Å². The number of thiol groups is 2. The fourth-order valence-corrected chi connectivity index (χ4v) is 0.925. The van der Waals surface area contributed by atoms with Crippen LogP contribution in [0.4, 0.5) is 0 Å². The molecule has 10 heavy (non-hydrogen) atoms. The van der Waals surface area contributed by atoms with Gasteiger partial charge in [-0.2, -0.15) is 25.3 Å². The largest absolute Gasteiger partial charge is 0.241 e. The Kier molecular flexibility index (Phi) is 3.02. The van der Waals surface area contributed by atoms with Gasteiger partial charge in [0.2, 0.25) is 0 Å². The molecule has 1 rings (SSSR count). The van der Waals surface area contributed by atoms with E-state index in [1.807, 2.05) is 0 Å². The van der Waals surface area contributed by atoms with E-state index < -0.39 is 0 Å². The van der Waals surface area contributed by atoms with Crippen molar-refractivity contribution >= 4 is 25.3 Å². The average Bonchev–Trinajstić information content (AvgIpc) is 1.88. The van der Waals surface area contributed by atoms with Gasteiger partial charge in [0, 0.05) is 18.8 Å². The van der Waals surface area contributed by atoms with Gasteiger partial charge in [0.15, 0.2) is 0 Å². The van der Waals surface area contributed by atoms with E-state index in [1.54, 1.807) is 18.5 Å². The van der Waals surface area contributed by atoms with Crippen LogP contribution >= 0.6 is 25.3 Å². The van der Waals surface area contributed by atoms with E-state index in [2.05, 4.69) is 35.2 Å². The van der Waals surface area contributed by atoms with Gasteiger partial charge in [-0.25, -0.2) is 9.97 Å². The summed E-state index contributed by atoms with van der Waals surface area (Å²) in [5.41, 5.74) is 0. The Labute approximate surface area is 70.9 Å². The Morgan fingerprint density at radius 2 is 1.90 bits per heavy atom. The summed E-state index contributed by atoms with van der Waals surface area (Å²) >= 11 is 8.19. The van der Waals surface area contributed by atoms with Crippen LogP contribution < -0.4 is 0 Å². The smallest absolute Gasteiger partial charge is 0.130 e. The van der Waals surface area contributed by atoms with Crippen LogP contribution in [0.1, 0.15) is 5.82 Å². The molecule has 0 N–H and O–H groups in total. The second-order valence-corrected chi connectivity index (χ2v) is 3.50. The lowest BCUT2D eigenvalue weighted by atomic mass is 10.4. The monoisotopic (exact) mass is 172 g/mol. The third kappa shape index (κ3) is 2.58. The van der Waals surface area contributed by atoms with Crippen molar-refractivity contribution in [1.29, 1.82) is 0 Å². The molecule has 2 nitrogen and oxygen atoms in total. The highest BCUT2D eigenvalue weighted by molar-refractivity contribution is 7.99. The standard InChI is InChI=1S/C6H8N2S2/c9-6(10)4-5-7-2-1-3-8-5/h1-3,6,9-10H,4H2. The molecule has 1 aromatic heterocycles. The van der Waals surface area contributed by atoms with Crippen molar-refractivity contribution in [2.45, 2.75) is 11.0 Å². The molecule has 54 valence electrons. The second-order valence-electron chi connectivity index (χ2n) is 1.85. The van der Waals surface area contributed by atoms with Gasteiger partial charge in [-0.1, -0.05) is 0 Å². The molecule has 0 aromatic carbocycles. The SMILES string of the molecule is SC(S)Cc1ncccn1. The van der Waals surface area contributed by atoms with Crippen LogP contribution in [0.3, 0.4) is 0 Å². The summed E-state index contributed by atoms with van der Waals surface area (Å²) in [4.78, 5) is 8.02. The summed E-state index contributed by atoms with van der Waals surface area (Å²) in [5, 5.41) is 0. The van der Waals surface area contributed by atoms with Crippen molar-refractivity contribution in [2.24, 2.45) is 0 Å². The quantitative estimate of drug-likeness (QED) is 0.518. The zero-order chi connectivity index (χ0) is 7.40. The third-order valence-electron chi connectivity index (χ3n) is 0.984. The van der Waals surface area contributed by atoms with E-state index in [9.17, 15) is 0 Å². The minimum atomic E-state index is 0.0300. The van der Waals surface area contributed by atoms with Crippen molar-refractivity contribution < 1.29 is 0 Å². The van der Waals surface area contributed by atoms with Crippen molar-refractivity contribution in [3.63, 3.8) is 0 Å². The fourth-order valence-electron chi connectivity index (χ4n) is 0.599. The van der Waals surface area contributed by atoms with E-state index in [1.165, 1.54) is 0 Å². The molecular formula is C6H8N2S2. The summed E-state index contributed by atoms with van der Waals surface area (Å²) in [5.74, 6) is 0.789. The second kappa shape index (κ2) is 3.83. The topological polar surface area (TPSA) is 25.8 Å².